The van der Waals surface area contributed by atoms with E-state index in [1.807, 2.05) is 0 Å². The van der Waals surface area contributed by atoms with Crippen molar-refractivity contribution in [1.29, 1.82) is 0 Å². The molecule has 8 nitrogen and oxygen atoms in total. The van der Waals surface area contributed by atoms with E-state index in [1.165, 1.54) is 18.2 Å². The zero-order valence-corrected chi connectivity index (χ0v) is 22.1. The topological polar surface area (TPSA) is 133 Å². The molecule has 0 fully saturated rings. The molecule has 0 radical (unpaired) electrons. The SMILES string of the molecule is O=Cc1cccc(-c2ccc(NC(=O)c3cccc(C(=O)Nc4ccc(-c5cccc(C=O)c5O)cc4)c3)cc2)c1O. The highest BCUT2D eigenvalue weighted by Crippen LogP contribution is 2.33. The van der Waals surface area contributed by atoms with E-state index in [0.717, 1.165) is 0 Å². The number of hydrogen-bond acceptors (Lipinski definition) is 6. The van der Waals surface area contributed by atoms with Crippen LogP contribution in [0.2, 0.25) is 0 Å². The summed E-state index contributed by atoms with van der Waals surface area (Å²) in [5.41, 5.74) is 4.29. The van der Waals surface area contributed by atoms with Crippen molar-refractivity contribution in [1.82, 2.24) is 0 Å². The monoisotopic (exact) mass is 556 g/mol. The van der Waals surface area contributed by atoms with Gasteiger partial charge in [-0.25, -0.2) is 0 Å². The van der Waals surface area contributed by atoms with Crippen LogP contribution in [0.15, 0.2) is 109 Å². The molecular formula is C34H24N2O6. The number of aromatic hydroxyl groups is 2. The maximum absolute atomic E-state index is 12.9. The predicted molar refractivity (Wildman–Crippen MR) is 160 cm³/mol. The molecule has 0 saturated heterocycles. The van der Waals surface area contributed by atoms with Crippen molar-refractivity contribution >= 4 is 35.8 Å². The van der Waals surface area contributed by atoms with Crippen LogP contribution in [0, 0.1) is 0 Å². The molecule has 0 aliphatic carbocycles. The number of benzene rings is 5. The van der Waals surface area contributed by atoms with Gasteiger partial charge in [0.25, 0.3) is 11.8 Å². The fourth-order valence-electron chi connectivity index (χ4n) is 4.45. The molecule has 0 aromatic heterocycles. The lowest BCUT2D eigenvalue weighted by molar-refractivity contribution is 0.102. The molecular weight excluding hydrogens is 532 g/mol. The van der Waals surface area contributed by atoms with E-state index in [1.54, 1.807) is 91.0 Å². The van der Waals surface area contributed by atoms with Gasteiger partial charge in [0.2, 0.25) is 0 Å². The van der Waals surface area contributed by atoms with E-state index >= 15 is 0 Å². The van der Waals surface area contributed by atoms with Crippen molar-refractivity contribution in [2.24, 2.45) is 0 Å². The Bertz CT molecular complexity index is 1680. The number of carbonyl (C=O) groups is 4. The highest BCUT2D eigenvalue weighted by Gasteiger charge is 2.14. The molecule has 0 unspecified atom stereocenters. The lowest BCUT2D eigenvalue weighted by Gasteiger charge is -2.11. The number of amides is 2. The minimum atomic E-state index is -0.412. The first-order valence-corrected chi connectivity index (χ1v) is 12.9. The van der Waals surface area contributed by atoms with Crippen molar-refractivity contribution in [3.63, 3.8) is 0 Å². The molecule has 0 aliphatic rings. The third-order valence-corrected chi connectivity index (χ3v) is 6.68. The third-order valence-electron chi connectivity index (χ3n) is 6.68. The van der Waals surface area contributed by atoms with Crippen LogP contribution >= 0.6 is 0 Å². The van der Waals surface area contributed by atoms with Crippen molar-refractivity contribution in [3.8, 4) is 33.8 Å². The van der Waals surface area contributed by atoms with E-state index in [4.69, 9.17) is 0 Å². The van der Waals surface area contributed by atoms with Crippen LogP contribution < -0.4 is 10.6 Å². The van der Waals surface area contributed by atoms with Gasteiger partial charge in [0.05, 0.1) is 11.1 Å². The zero-order valence-electron chi connectivity index (χ0n) is 22.1. The van der Waals surface area contributed by atoms with Crippen molar-refractivity contribution < 1.29 is 29.4 Å². The van der Waals surface area contributed by atoms with Gasteiger partial charge in [-0.3, -0.25) is 19.2 Å². The number of phenolic OH excluding ortho intramolecular Hbond substituents is 2. The molecule has 0 saturated carbocycles. The summed E-state index contributed by atoms with van der Waals surface area (Å²) < 4.78 is 0. The molecule has 0 bridgehead atoms. The van der Waals surface area contributed by atoms with Crippen molar-refractivity contribution in [2.45, 2.75) is 0 Å². The van der Waals surface area contributed by atoms with Crippen molar-refractivity contribution in [3.05, 3.63) is 131 Å². The standard InChI is InChI=1S/C34H24N2O6/c37-19-25-6-2-8-29(31(25)39)21-10-14-27(15-11-21)35-33(41)23-4-1-5-24(18-23)34(42)36-28-16-12-22(13-17-28)30-9-3-7-26(20-38)32(30)40/h1-20,39-40H,(H,35,41)(H,36,42). The van der Waals surface area contributed by atoms with E-state index in [-0.39, 0.29) is 33.8 Å². The van der Waals surface area contributed by atoms with E-state index in [0.29, 0.717) is 46.2 Å². The number of rotatable bonds is 8. The third kappa shape index (κ3) is 5.78. The molecule has 5 aromatic rings. The Labute approximate surface area is 240 Å². The lowest BCUT2D eigenvalue weighted by Crippen LogP contribution is -2.15. The average Bonchev–Trinajstić information content (AvgIpc) is 3.02. The Kier molecular flexibility index (Phi) is 7.88. The van der Waals surface area contributed by atoms with Crippen LogP contribution in [0.4, 0.5) is 11.4 Å². The predicted octanol–water partition coefficient (Wildman–Crippen LogP) is 6.56. The van der Waals surface area contributed by atoms with Gasteiger partial charge < -0.3 is 20.8 Å². The molecule has 206 valence electrons. The van der Waals surface area contributed by atoms with E-state index in [9.17, 15) is 29.4 Å². The highest BCUT2D eigenvalue weighted by molar-refractivity contribution is 6.09. The van der Waals surface area contributed by atoms with Crippen LogP contribution in [-0.2, 0) is 0 Å². The Morgan fingerprint density at radius 3 is 1.29 bits per heavy atom. The largest absolute Gasteiger partial charge is 0.507 e. The fourth-order valence-corrected chi connectivity index (χ4v) is 4.45. The van der Waals surface area contributed by atoms with Crippen LogP contribution in [0.5, 0.6) is 11.5 Å². The molecule has 0 aliphatic heterocycles. The molecule has 4 N–H and O–H groups in total. The van der Waals surface area contributed by atoms with Gasteiger partial charge >= 0.3 is 0 Å². The Morgan fingerprint density at radius 2 is 0.905 bits per heavy atom. The van der Waals surface area contributed by atoms with Gasteiger partial charge in [-0.15, -0.1) is 0 Å². The second-order valence-electron chi connectivity index (χ2n) is 9.37. The average molecular weight is 557 g/mol. The summed E-state index contributed by atoms with van der Waals surface area (Å²) in [7, 11) is 0. The molecule has 0 heterocycles. The Balaban J connectivity index is 1.25. The fraction of sp³-hybridized carbons (Fsp3) is 0. The van der Waals surface area contributed by atoms with Crippen LogP contribution in [0.1, 0.15) is 41.4 Å². The van der Waals surface area contributed by atoms with Crippen LogP contribution in [0.25, 0.3) is 22.3 Å². The number of phenols is 2. The van der Waals surface area contributed by atoms with Crippen LogP contribution in [0.3, 0.4) is 0 Å². The number of anilines is 2. The first kappa shape index (κ1) is 27.5. The summed E-state index contributed by atoms with van der Waals surface area (Å²) in [6, 6.07) is 29.6. The number of para-hydroxylation sites is 2. The Hall–Kier alpha value is -6.02. The summed E-state index contributed by atoms with van der Waals surface area (Å²) in [4.78, 5) is 48.1. The van der Waals surface area contributed by atoms with Gasteiger partial charge in [0.15, 0.2) is 12.6 Å². The first-order valence-electron chi connectivity index (χ1n) is 12.9. The smallest absolute Gasteiger partial charge is 0.255 e. The van der Waals surface area contributed by atoms with Crippen molar-refractivity contribution in [2.75, 3.05) is 10.6 Å². The zero-order chi connectivity index (χ0) is 29.6. The molecule has 0 atom stereocenters. The summed E-state index contributed by atoms with van der Waals surface area (Å²) >= 11 is 0. The molecule has 42 heavy (non-hydrogen) atoms. The first-order chi connectivity index (χ1) is 20.4. The second kappa shape index (κ2) is 12.0. The number of nitrogens with one attached hydrogen (secondary N) is 2. The van der Waals surface area contributed by atoms with Crippen LogP contribution in [-0.4, -0.2) is 34.6 Å². The highest BCUT2D eigenvalue weighted by atomic mass is 16.3. The normalized spacial score (nSPS) is 10.5. The molecule has 5 aromatic carbocycles. The lowest BCUT2D eigenvalue weighted by atomic mass is 10.0. The van der Waals surface area contributed by atoms with E-state index < -0.39 is 11.8 Å². The van der Waals surface area contributed by atoms with Gasteiger partial charge in [0, 0.05) is 33.6 Å². The summed E-state index contributed by atoms with van der Waals surface area (Å²) in [6.07, 6.45) is 1.17. The summed E-state index contributed by atoms with van der Waals surface area (Å²) in [5, 5.41) is 26.2. The maximum Gasteiger partial charge on any atom is 0.255 e. The van der Waals surface area contributed by atoms with Gasteiger partial charge in [-0.05, 0) is 65.7 Å². The number of hydrogen-bond donors (Lipinski definition) is 4. The summed E-state index contributed by atoms with van der Waals surface area (Å²) in [5.74, 6) is -1.05. The Morgan fingerprint density at radius 1 is 0.524 bits per heavy atom. The quantitative estimate of drug-likeness (QED) is 0.160. The molecule has 0 spiro atoms. The van der Waals surface area contributed by atoms with E-state index in [2.05, 4.69) is 10.6 Å². The second-order valence-corrected chi connectivity index (χ2v) is 9.37. The van der Waals surface area contributed by atoms with Gasteiger partial charge in [-0.1, -0.05) is 54.6 Å². The molecule has 2 amide bonds. The number of aldehydes is 2. The molecule has 8 heteroatoms. The minimum Gasteiger partial charge on any atom is -0.507 e. The number of carbonyl (C=O) groups excluding carboxylic acids is 4. The van der Waals surface area contributed by atoms with Gasteiger partial charge in [-0.2, -0.15) is 0 Å². The minimum absolute atomic E-state index is 0.112. The molecule has 5 rings (SSSR count). The summed E-state index contributed by atoms with van der Waals surface area (Å²) in [6.45, 7) is 0. The van der Waals surface area contributed by atoms with Gasteiger partial charge in [0.1, 0.15) is 11.5 Å². The maximum atomic E-state index is 12.9.